The number of carbonyl (C=O) groups is 1. The fourth-order valence-corrected chi connectivity index (χ4v) is 2.59. The van der Waals surface area contributed by atoms with Crippen LogP contribution in [0.25, 0.3) is 0 Å². The molecule has 24 heavy (non-hydrogen) atoms. The fourth-order valence-electron chi connectivity index (χ4n) is 2.59. The van der Waals surface area contributed by atoms with Crippen LogP contribution in [0.4, 0.5) is 0 Å². The van der Waals surface area contributed by atoms with E-state index in [1.54, 1.807) is 26.0 Å². The van der Waals surface area contributed by atoms with E-state index in [1.165, 1.54) is 12.1 Å². The number of esters is 1. The molecule has 0 spiro atoms. The molecule has 1 atom stereocenters. The first-order valence-electron chi connectivity index (χ1n) is 7.32. The summed E-state index contributed by atoms with van der Waals surface area (Å²) in [6, 6.07) is 8.25. The quantitative estimate of drug-likeness (QED) is 0.525. The number of nitrogens with two attached hydrogens (primary N) is 1. The highest BCUT2D eigenvalue weighted by molar-refractivity contribution is 6.58. The first-order chi connectivity index (χ1) is 11.4. The van der Waals surface area contributed by atoms with Gasteiger partial charge in [-0.25, -0.2) is 4.79 Å². The van der Waals surface area contributed by atoms with Crippen molar-refractivity contribution in [1.29, 1.82) is 5.26 Å². The SMILES string of the molecule is CCOC(=O)C1=C(C)OC(N)=C(C#N)C1c1cccc(B(O)O)c1. The van der Waals surface area contributed by atoms with E-state index in [0.29, 0.717) is 5.56 Å². The molecular weight excluding hydrogens is 311 g/mol. The van der Waals surface area contributed by atoms with Crippen molar-refractivity contribution in [3.8, 4) is 6.07 Å². The van der Waals surface area contributed by atoms with Crippen molar-refractivity contribution < 1.29 is 24.3 Å². The molecule has 0 saturated carbocycles. The summed E-state index contributed by atoms with van der Waals surface area (Å²) >= 11 is 0. The molecule has 1 aromatic carbocycles. The van der Waals surface area contributed by atoms with Crippen LogP contribution in [0.3, 0.4) is 0 Å². The summed E-state index contributed by atoms with van der Waals surface area (Å²) in [5.41, 5.74) is 6.75. The summed E-state index contributed by atoms with van der Waals surface area (Å²) in [5, 5.41) is 28.2. The molecule has 0 fully saturated rings. The average Bonchev–Trinajstić information content (AvgIpc) is 2.54. The van der Waals surface area contributed by atoms with Crippen molar-refractivity contribution in [2.45, 2.75) is 19.8 Å². The van der Waals surface area contributed by atoms with Crippen molar-refractivity contribution in [2.24, 2.45) is 5.73 Å². The third-order valence-corrected chi connectivity index (χ3v) is 3.64. The predicted octanol–water partition coefficient (Wildman–Crippen LogP) is 0.0112. The summed E-state index contributed by atoms with van der Waals surface area (Å²) in [4.78, 5) is 12.3. The Bertz CT molecular complexity index is 764. The summed E-state index contributed by atoms with van der Waals surface area (Å²) in [6.45, 7) is 3.40. The van der Waals surface area contributed by atoms with Crippen LogP contribution in [-0.4, -0.2) is 29.7 Å². The van der Waals surface area contributed by atoms with E-state index >= 15 is 0 Å². The highest BCUT2D eigenvalue weighted by Gasteiger charge is 2.36. The van der Waals surface area contributed by atoms with Gasteiger partial charge in [0.25, 0.3) is 0 Å². The maximum absolute atomic E-state index is 12.3. The average molecular weight is 328 g/mol. The molecule has 8 heteroatoms. The molecule has 0 aliphatic carbocycles. The van der Waals surface area contributed by atoms with E-state index in [4.69, 9.17) is 15.2 Å². The maximum atomic E-state index is 12.3. The van der Waals surface area contributed by atoms with Gasteiger partial charge in [-0.05, 0) is 24.9 Å². The molecule has 1 aromatic rings. The third-order valence-electron chi connectivity index (χ3n) is 3.64. The fraction of sp³-hybridized carbons (Fsp3) is 0.250. The third kappa shape index (κ3) is 3.27. The summed E-state index contributed by atoms with van der Waals surface area (Å²) in [7, 11) is -1.67. The number of ether oxygens (including phenoxy) is 2. The lowest BCUT2D eigenvalue weighted by Gasteiger charge is -2.27. The summed E-state index contributed by atoms with van der Waals surface area (Å²) < 4.78 is 10.4. The number of hydrogen-bond donors (Lipinski definition) is 3. The minimum atomic E-state index is -1.67. The zero-order chi connectivity index (χ0) is 17.9. The minimum Gasteiger partial charge on any atom is -0.463 e. The lowest BCUT2D eigenvalue weighted by molar-refractivity contribution is -0.139. The Labute approximate surface area is 139 Å². The van der Waals surface area contributed by atoms with Gasteiger partial charge >= 0.3 is 13.1 Å². The molecule has 4 N–H and O–H groups in total. The Balaban J connectivity index is 2.62. The molecule has 1 aliphatic rings. The van der Waals surface area contributed by atoms with Gasteiger partial charge in [0.05, 0.1) is 18.1 Å². The zero-order valence-corrected chi connectivity index (χ0v) is 13.3. The van der Waals surface area contributed by atoms with E-state index in [2.05, 4.69) is 0 Å². The molecular formula is C16H17BN2O5. The molecule has 0 bridgehead atoms. The van der Waals surface area contributed by atoms with Gasteiger partial charge in [0.2, 0.25) is 5.88 Å². The second-order valence-corrected chi connectivity index (χ2v) is 5.16. The molecule has 1 aliphatic heterocycles. The highest BCUT2D eigenvalue weighted by atomic mass is 16.5. The van der Waals surface area contributed by atoms with Crippen LogP contribution in [-0.2, 0) is 14.3 Å². The van der Waals surface area contributed by atoms with Crippen molar-refractivity contribution in [3.05, 3.63) is 52.6 Å². The van der Waals surface area contributed by atoms with Crippen LogP contribution in [0.2, 0.25) is 0 Å². The van der Waals surface area contributed by atoms with Gasteiger partial charge in [0.15, 0.2) is 0 Å². The summed E-state index contributed by atoms with van der Waals surface area (Å²) in [6.07, 6.45) is 0. The molecule has 0 aromatic heterocycles. The second-order valence-electron chi connectivity index (χ2n) is 5.16. The number of nitriles is 1. The van der Waals surface area contributed by atoms with Crippen molar-refractivity contribution in [3.63, 3.8) is 0 Å². The lowest BCUT2D eigenvalue weighted by Crippen LogP contribution is -2.31. The van der Waals surface area contributed by atoms with Crippen molar-refractivity contribution in [2.75, 3.05) is 6.61 Å². The van der Waals surface area contributed by atoms with Gasteiger partial charge in [-0.2, -0.15) is 5.26 Å². The standard InChI is InChI=1S/C16H17BN2O5/c1-3-23-16(20)13-9(2)24-15(19)12(8-18)14(13)10-5-4-6-11(7-10)17(21)22/h4-7,14,21-22H,3,19H2,1-2H3. The van der Waals surface area contributed by atoms with Crippen LogP contribution in [0.1, 0.15) is 25.3 Å². The van der Waals surface area contributed by atoms with Gasteiger partial charge in [0.1, 0.15) is 17.4 Å². The van der Waals surface area contributed by atoms with Gasteiger partial charge in [-0.15, -0.1) is 0 Å². The van der Waals surface area contributed by atoms with Gasteiger partial charge < -0.3 is 25.3 Å². The monoisotopic (exact) mass is 328 g/mol. The van der Waals surface area contributed by atoms with Gasteiger partial charge in [-0.1, -0.05) is 24.3 Å². The minimum absolute atomic E-state index is 0.0632. The number of rotatable bonds is 4. The number of carbonyl (C=O) groups excluding carboxylic acids is 1. The van der Waals surface area contributed by atoms with Crippen LogP contribution < -0.4 is 11.2 Å². The Hall–Kier alpha value is -2.76. The second kappa shape index (κ2) is 7.21. The van der Waals surface area contributed by atoms with Crippen LogP contribution in [0.15, 0.2) is 47.1 Å². The Morgan fingerprint density at radius 3 is 2.79 bits per heavy atom. The molecule has 0 saturated heterocycles. The molecule has 7 nitrogen and oxygen atoms in total. The van der Waals surface area contributed by atoms with E-state index in [9.17, 15) is 20.1 Å². The zero-order valence-electron chi connectivity index (χ0n) is 13.3. The molecule has 2 rings (SSSR count). The van der Waals surface area contributed by atoms with E-state index in [0.717, 1.165) is 0 Å². The van der Waals surface area contributed by atoms with E-state index in [-0.39, 0.29) is 34.9 Å². The van der Waals surface area contributed by atoms with Gasteiger partial charge in [0, 0.05) is 0 Å². The van der Waals surface area contributed by atoms with Crippen molar-refractivity contribution >= 4 is 18.6 Å². The van der Waals surface area contributed by atoms with Crippen LogP contribution in [0.5, 0.6) is 0 Å². The first kappa shape index (κ1) is 17.6. The molecule has 0 amide bonds. The number of nitrogens with zero attached hydrogens (tertiary/aromatic N) is 1. The predicted molar refractivity (Wildman–Crippen MR) is 86.3 cm³/mol. The normalized spacial score (nSPS) is 17.2. The number of hydrogen-bond acceptors (Lipinski definition) is 7. The molecule has 1 unspecified atom stereocenters. The maximum Gasteiger partial charge on any atom is 0.488 e. The molecule has 1 heterocycles. The van der Waals surface area contributed by atoms with Crippen LogP contribution >= 0.6 is 0 Å². The molecule has 0 radical (unpaired) electrons. The summed E-state index contributed by atoms with van der Waals surface area (Å²) in [5.74, 6) is -1.27. The largest absolute Gasteiger partial charge is 0.488 e. The van der Waals surface area contributed by atoms with Gasteiger partial charge in [-0.3, -0.25) is 0 Å². The smallest absolute Gasteiger partial charge is 0.463 e. The van der Waals surface area contributed by atoms with E-state index < -0.39 is 19.0 Å². The van der Waals surface area contributed by atoms with E-state index in [1.807, 2.05) is 6.07 Å². The number of benzene rings is 1. The van der Waals surface area contributed by atoms with Crippen LogP contribution in [0, 0.1) is 11.3 Å². The first-order valence-corrected chi connectivity index (χ1v) is 7.32. The highest BCUT2D eigenvalue weighted by Crippen LogP contribution is 2.39. The lowest BCUT2D eigenvalue weighted by atomic mass is 9.76. The Morgan fingerprint density at radius 1 is 1.50 bits per heavy atom. The topological polar surface area (TPSA) is 126 Å². The van der Waals surface area contributed by atoms with Crippen molar-refractivity contribution in [1.82, 2.24) is 0 Å². The number of allylic oxidation sites excluding steroid dienone is 2. The Kier molecular flexibility index (Phi) is 5.29. The molecule has 124 valence electrons. The Morgan fingerprint density at radius 2 is 2.21 bits per heavy atom.